The topological polar surface area (TPSA) is 102 Å². The first-order valence-corrected chi connectivity index (χ1v) is 10.8. The highest BCUT2D eigenvalue weighted by Gasteiger charge is 2.28. The van der Waals surface area contributed by atoms with E-state index in [1.807, 2.05) is 19.1 Å². The molecule has 2 aromatic carbocycles. The molecule has 0 unspecified atom stereocenters. The van der Waals surface area contributed by atoms with Crippen LogP contribution < -0.4 is 10.0 Å². The number of hydrogen-bond donors (Lipinski definition) is 0. The number of nitro benzene ring substituents is 1. The van der Waals surface area contributed by atoms with Crippen LogP contribution in [0.1, 0.15) is 11.1 Å². The van der Waals surface area contributed by atoms with E-state index in [0.717, 1.165) is 35.4 Å². The first kappa shape index (κ1) is 21.2. The largest absolute Gasteiger partial charge is 0.868 e. The number of nitro groups is 1. The molecule has 4 rings (SSSR count). The van der Waals surface area contributed by atoms with Crippen LogP contribution in [0.25, 0.3) is 6.08 Å². The molecule has 1 fully saturated rings. The number of rotatable bonds is 3. The van der Waals surface area contributed by atoms with Gasteiger partial charge in [-0.2, -0.15) is 4.99 Å². The molecule has 0 aliphatic carbocycles. The van der Waals surface area contributed by atoms with Gasteiger partial charge in [0.1, 0.15) is 0 Å². The van der Waals surface area contributed by atoms with Gasteiger partial charge >= 0.3 is 0 Å². The molecule has 8 nitrogen and oxygen atoms in total. The van der Waals surface area contributed by atoms with Gasteiger partial charge in [-0.3, -0.25) is 14.9 Å². The van der Waals surface area contributed by atoms with Crippen molar-refractivity contribution in [3.63, 3.8) is 0 Å². The Kier molecular flexibility index (Phi) is 5.88. The summed E-state index contributed by atoms with van der Waals surface area (Å²) in [6.07, 6.45) is 1.53. The summed E-state index contributed by atoms with van der Waals surface area (Å²) in [5.74, 6) is -1.05. The van der Waals surface area contributed by atoms with Gasteiger partial charge in [-0.15, -0.1) is 0 Å². The lowest BCUT2D eigenvalue weighted by molar-refractivity contribution is -0.398. The van der Waals surface area contributed by atoms with Crippen molar-refractivity contribution < 1.29 is 14.8 Å². The lowest BCUT2D eigenvalue weighted by Crippen LogP contribution is -2.47. The van der Waals surface area contributed by atoms with Gasteiger partial charge in [0.25, 0.3) is 11.6 Å². The third-order valence-electron chi connectivity index (χ3n) is 5.16. The number of carbonyl (C=O) groups is 1. The van der Waals surface area contributed by atoms with E-state index in [0.29, 0.717) is 28.7 Å². The van der Waals surface area contributed by atoms with Crippen LogP contribution in [-0.4, -0.2) is 47.1 Å². The Morgan fingerprint density at radius 3 is 2.52 bits per heavy atom. The Morgan fingerprint density at radius 2 is 1.84 bits per heavy atom. The van der Waals surface area contributed by atoms with Gasteiger partial charge in [0.15, 0.2) is 5.17 Å². The standard InChI is InChI=1S/C21H19ClN4O4S/c1-13-2-4-15(12-16(13)22)24-6-8-25(9-7-24)21-23-20(28)19(31-21)11-14-3-5-18(27)17(10-14)26(29)30/h2-5,10-12,27H,6-9H2,1H3/p-1/b19-11+. The van der Waals surface area contributed by atoms with Crippen molar-refractivity contribution in [1.29, 1.82) is 0 Å². The molecule has 10 heteroatoms. The average molecular weight is 458 g/mol. The number of nitrogens with zero attached hydrogens (tertiary/aromatic N) is 4. The van der Waals surface area contributed by atoms with E-state index >= 15 is 0 Å². The van der Waals surface area contributed by atoms with Crippen LogP contribution in [0, 0.1) is 17.0 Å². The van der Waals surface area contributed by atoms with Gasteiger partial charge in [-0.1, -0.05) is 29.8 Å². The SMILES string of the molecule is Cc1ccc(N2CCN(C3=NC(=O)/C(=C\c4ccc([O-])c([N+](=O)[O-])c4)S3)CC2)cc1Cl. The first-order valence-electron chi connectivity index (χ1n) is 9.56. The van der Waals surface area contributed by atoms with Gasteiger partial charge in [0.2, 0.25) is 0 Å². The monoisotopic (exact) mass is 457 g/mol. The zero-order valence-electron chi connectivity index (χ0n) is 16.6. The molecule has 1 amide bonds. The molecule has 2 heterocycles. The van der Waals surface area contributed by atoms with Crippen molar-refractivity contribution in [3.8, 4) is 5.75 Å². The summed E-state index contributed by atoms with van der Waals surface area (Å²) in [5.41, 5.74) is 2.00. The van der Waals surface area contributed by atoms with E-state index in [-0.39, 0.29) is 5.91 Å². The predicted molar refractivity (Wildman–Crippen MR) is 121 cm³/mol. The Morgan fingerprint density at radius 1 is 1.13 bits per heavy atom. The maximum Gasteiger partial charge on any atom is 0.286 e. The van der Waals surface area contributed by atoms with Crippen molar-refractivity contribution in [3.05, 3.63) is 67.6 Å². The first-order chi connectivity index (χ1) is 14.8. The molecule has 0 bridgehead atoms. The number of amides is 1. The second kappa shape index (κ2) is 8.60. The van der Waals surface area contributed by atoms with Gasteiger partial charge < -0.3 is 14.9 Å². The molecule has 160 valence electrons. The maximum atomic E-state index is 12.3. The highest BCUT2D eigenvalue weighted by atomic mass is 35.5. The number of carbonyl (C=O) groups excluding carboxylic acids is 1. The third-order valence-corrected chi connectivity index (χ3v) is 6.61. The third kappa shape index (κ3) is 4.52. The van der Waals surface area contributed by atoms with E-state index in [2.05, 4.69) is 20.9 Å². The lowest BCUT2D eigenvalue weighted by atomic mass is 10.1. The average Bonchev–Trinajstić information content (AvgIpc) is 3.11. The van der Waals surface area contributed by atoms with Crippen LogP contribution in [0.2, 0.25) is 5.02 Å². The summed E-state index contributed by atoms with van der Waals surface area (Å²) >= 11 is 7.48. The molecule has 0 atom stereocenters. The van der Waals surface area contributed by atoms with Crippen LogP contribution >= 0.6 is 23.4 Å². The maximum absolute atomic E-state index is 12.3. The normalized spacial score (nSPS) is 17.9. The number of aliphatic imine (C=N–C) groups is 1. The Labute approximate surface area is 188 Å². The lowest BCUT2D eigenvalue weighted by Gasteiger charge is -2.36. The smallest absolute Gasteiger partial charge is 0.286 e. The number of amidine groups is 1. The quantitative estimate of drug-likeness (QED) is 0.395. The Bertz CT molecular complexity index is 1130. The number of thioether (sulfide) groups is 1. The number of aryl methyl sites for hydroxylation is 1. The number of piperazine rings is 1. The van der Waals surface area contributed by atoms with Crippen molar-refractivity contribution in [2.75, 3.05) is 31.1 Å². The van der Waals surface area contributed by atoms with E-state index in [9.17, 15) is 20.0 Å². The highest BCUT2D eigenvalue weighted by Crippen LogP contribution is 2.33. The number of benzene rings is 2. The summed E-state index contributed by atoms with van der Waals surface area (Å²) in [4.78, 5) is 31.4. The molecule has 2 aliphatic heterocycles. The molecule has 2 aromatic rings. The van der Waals surface area contributed by atoms with Gasteiger partial charge in [0.05, 0.1) is 9.83 Å². The van der Waals surface area contributed by atoms with Crippen LogP contribution in [-0.2, 0) is 4.79 Å². The van der Waals surface area contributed by atoms with Gasteiger partial charge in [-0.05, 0) is 53.8 Å². The minimum atomic E-state index is -0.726. The van der Waals surface area contributed by atoms with E-state index < -0.39 is 16.4 Å². The molecule has 1 saturated heterocycles. The van der Waals surface area contributed by atoms with Crippen molar-refractivity contribution in [2.24, 2.45) is 4.99 Å². The van der Waals surface area contributed by atoms with Crippen molar-refractivity contribution in [1.82, 2.24) is 4.90 Å². The van der Waals surface area contributed by atoms with Gasteiger partial charge in [-0.25, -0.2) is 0 Å². The fourth-order valence-electron chi connectivity index (χ4n) is 3.39. The molecule has 2 aliphatic rings. The molecule has 31 heavy (non-hydrogen) atoms. The fourth-order valence-corrected chi connectivity index (χ4v) is 4.53. The highest BCUT2D eigenvalue weighted by molar-refractivity contribution is 8.18. The van der Waals surface area contributed by atoms with E-state index in [1.54, 1.807) is 0 Å². The second-order valence-corrected chi connectivity index (χ2v) is 8.62. The van der Waals surface area contributed by atoms with Crippen LogP contribution in [0.5, 0.6) is 5.75 Å². The molecule has 0 N–H and O–H groups in total. The van der Waals surface area contributed by atoms with Crippen molar-refractivity contribution >= 4 is 51.9 Å². The summed E-state index contributed by atoms with van der Waals surface area (Å²) in [6.45, 7) is 4.91. The summed E-state index contributed by atoms with van der Waals surface area (Å²) < 4.78 is 0. The van der Waals surface area contributed by atoms with E-state index in [4.69, 9.17) is 11.6 Å². The molecule has 0 radical (unpaired) electrons. The minimum Gasteiger partial charge on any atom is -0.868 e. The summed E-state index contributed by atoms with van der Waals surface area (Å²) in [6, 6.07) is 9.78. The number of halogens is 1. The van der Waals surface area contributed by atoms with E-state index in [1.165, 1.54) is 30.0 Å². The fraction of sp³-hybridized carbons (Fsp3) is 0.238. The number of hydrogen-bond acceptors (Lipinski definition) is 7. The molecule has 0 spiro atoms. The molecule has 0 aromatic heterocycles. The zero-order valence-corrected chi connectivity index (χ0v) is 18.2. The summed E-state index contributed by atoms with van der Waals surface area (Å²) in [7, 11) is 0. The second-order valence-electron chi connectivity index (χ2n) is 7.20. The van der Waals surface area contributed by atoms with Crippen LogP contribution in [0.4, 0.5) is 11.4 Å². The molecular formula is C21H18ClN4O4S-. The summed E-state index contributed by atoms with van der Waals surface area (Å²) in [5, 5.41) is 23.9. The van der Waals surface area contributed by atoms with Gasteiger partial charge in [0, 0.05) is 43.0 Å². The Balaban J connectivity index is 1.42. The minimum absolute atomic E-state index is 0.371. The van der Waals surface area contributed by atoms with Crippen LogP contribution in [0.15, 0.2) is 46.3 Å². The van der Waals surface area contributed by atoms with Crippen molar-refractivity contribution in [2.45, 2.75) is 6.92 Å². The number of anilines is 1. The van der Waals surface area contributed by atoms with Crippen LogP contribution in [0.3, 0.4) is 0 Å². The predicted octanol–water partition coefficient (Wildman–Crippen LogP) is 3.42. The molecule has 0 saturated carbocycles. The zero-order chi connectivity index (χ0) is 22.1. The Hall–Kier alpha value is -3.04. The molecular weight excluding hydrogens is 440 g/mol.